The molecule has 32 heavy (non-hydrogen) atoms. The molecule has 0 aliphatic carbocycles. The number of benzene rings is 2. The fraction of sp³-hybridized carbons (Fsp3) is 0.360. The first-order chi connectivity index (χ1) is 15.5. The molecule has 3 aromatic rings. The van der Waals surface area contributed by atoms with E-state index in [1.807, 2.05) is 42.8 Å². The molecule has 0 atom stereocenters. The van der Waals surface area contributed by atoms with Crippen molar-refractivity contribution < 1.29 is 9.53 Å². The van der Waals surface area contributed by atoms with E-state index >= 15 is 0 Å². The molecule has 1 fully saturated rings. The number of aromatic nitrogens is 2. The lowest BCUT2D eigenvalue weighted by Gasteiger charge is -2.26. The molecule has 1 aromatic heterocycles. The van der Waals surface area contributed by atoms with Gasteiger partial charge in [0.2, 0.25) is 5.91 Å². The summed E-state index contributed by atoms with van der Waals surface area (Å²) in [5.41, 5.74) is 6.08. The SMILES string of the molecule is Cc1nn(-c2ccc(Cl)cc2)c(C)c1CC(=O)NCc1cccc(CN2CCOCC2)c1. The van der Waals surface area contributed by atoms with Crippen LogP contribution in [0.4, 0.5) is 0 Å². The number of amides is 1. The lowest BCUT2D eigenvalue weighted by Crippen LogP contribution is -2.35. The van der Waals surface area contributed by atoms with E-state index in [4.69, 9.17) is 16.3 Å². The Hall–Kier alpha value is -2.67. The second-order valence-corrected chi connectivity index (χ2v) is 8.64. The van der Waals surface area contributed by atoms with Crippen molar-refractivity contribution in [2.75, 3.05) is 26.3 Å². The molecule has 1 aliphatic rings. The zero-order chi connectivity index (χ0) is 22.5. The lowest BCUT2D eigenvalue weighted by molar-refractivity contribution is -0.120. The lowest BCUT2D eigenvalue weighted by atomic mass is 10.1. The molecule has 2 aromatic carbocycles. The van der Waals surface area contributed by atoms with E-state index < -0.39 is 0 Å². The summed E-state index contributed by atoms with van der Waals surface area (Å²) in [6, 6.07) is 16.0. The van der Waals surface area contributed by atoms with E-state index in [-0.39, 0.29) is 5.91 Å². The van der Waals surface area contributed by atoms with Gasteiger partial charge in [0.15, 0.2) is 0 Å². The van der Waals surface area contributed by atoms with Gasteiger partial charge in [-0.15, -0.1) is 0 Å². The minimum atomic E-state index is -0.00885. The fourth-order valence-electron chi connectivity index (χ4n) is 4.04. The Morgan fingerprint density at radius 3 is 2.56 bits per heavy atom. The average molecular weight is 453 g/mol. The van der Waals surface area contributed by atoms with Crippen molar-refractivity contribution in [3.63, 3.8) is 0 Å². The van der Waals surface area contributed by atoms with Gasteiger partial charge in [0, 0.05) is 42.5 Å². The van der Waals surface area contributed by atoms with Gasteiger partial charge in [-0.25, -0.2) is 4.68 Å². The Bertz CT molecular complexity index is 1070. The normalized spacial score (nSPS) is 14.5. The van der Waals surface area contributed by atoms with Gasteiger partial charge in [0.1, 0.15) is 0 Å². The number of nitrogens with zero attached hydrogens (tertiary/aromatic N) is 3. The largest absolute Gasteiger partial charge is 0.379 e. The number of ether oxygens (including phenoxy) is 1. The summed E-state index contributed by atoms with van der Waals surface area (Å²) >= 11 is 6.00. The highest BCUT2D eigenvalue weighted by molar-refractivity contribution is 6.30. The highest BCUT2D eigenvalue weighted by Gasteiger charge is 2.16. The summed E-state index contributed by atoms with van der Waals surface area (Å²) in [5, 5.41) is 8.37. The van der Waals surface area contributed by atoms with Crippen molar-refractivity contribution in [1.29, 1.82) is 0 Å². The Morgan fingerprint density at radius 1 is 1.09 bits per heavy atom. The predicted octanol–water partition coefficient (Wildman–Crippen LogP) is 3.83. The summed E-state index contributed by atoms with van der Waals surface area (Å²) in [6.07, 6.45) is 0.304. The molecule has 1 amide bonds. The van der Waals surface area contributed by atoms with Crippen molar-refractivity contribution in [3.05, 3.63) is 81.6 Å². The van der Waals surface area contributed by atoms with Gasteiger partial charge < -0.3 is 10.1 Å². The van der Waals surface area contributed by atoms with E-state index in [1.165, 1.54) is 5.56 Å². The van der Waals surface area contributed by atoms with Crippen LogP contribution in [-0.2, 0) is 29.0 Å². The van der Waals surface area contributed by atoms with Crippen LogP contribution in [0, 0.1) is 13.8 Å². The van der Waals surface area contributed by atoms with E-state index in [1.54, 1.807) is 0 Å². The highest BCUT2D eigenvalue weighted by Crippen LogP contribution is 2.20. The molecule has 7 heteroatoms. The zero-order valence-corrected chi connectivity index (χ0v) is 19.4. The van der Waals surface area contributed by atoms with Gasteiger partial charge in [-0.05, 0) is 49.2 Å². The van der Waals surface area contributed by atoms with Crippen molar-refractivity contribution in [2.24, 2.45) is 0 Å². The van der Waals surface area contributed by atoms with Crippen molar-refractivity contribution >= 4 is 17.5 Å². The number of carbonyl (C=O) groups excluding carboxylic acids is 1. The van der Waals surface area contributed by atoms with Crippen LogP contribution >= 0.6 is 11.6 Å². The van der Waals surface area contributed by atoms with Crippen LogP contribution in [-0.4, -0.2) is 46.9 Å². The van der Waals surface area contributed by atoms with Gasteiger partial charge in [0.25, 0.3) is 0 Å². The molecule has 0 bridgehead atoms. The topological polar surface area (TPSA) is 59.4 Å². The van der Waals surface area contributed by atoms with Crippen LogP contribution in [0.25, 0.3) is 5.69 Å². The summed E-state index contributed by atoms with van der Waals surface area (Å²) in [7, 11) is 0. The number of hydrogen-bond donors (Lipinski definition) is 1. The second kappa shape index (κ2) is 10.3. The number of morpholine rings is 1. The molecular weight excluding hydrogens is 424 g/mol. The smallest absolute Gasteiger partial charge is 0.224 e. The molecular formula is C25H29ClN4O2. The highest BCUT2D eigenvalue weighted by atomic mass is 35.5. The number of hydrogen-bond acceptors (Lipinski definition) is 4. The van der Waals surface area contributed by atoms with Crippen molar-refractivity contribution in [1.82, 2.24) is 20.0 Å². The fourth-order valence-corrected chi connectivity index (χ4v) is 4.17. The first-order valence-corrected chi connectivity index (χ1v) is 11.3. The molecule has 1 aliphatic heterocycles. The van der Waals surface area contributed by atoms with Gasteiger partial charge in [0.05, 0.1) is 31.0 Å². The predicted molar refractivity (Wildman–Crippen MR) is 126 cm³/mol. The molecule has 168 valence electrons. The summed E-state index contributed by atoms with van der Waals surface area (Å²) < 4.78 is 7.29. The van der Waals surface area contributed by atoms with Gasteiger partial charge in [-0.2, -0.15) is 5.10 Å². The average Bonchev–Trinajstić information content (AvgIpc) is 3.07. The van der Waals surface area contributed by atoms with Crippen LogP contribution in [0.3, 0.4) is 0 Å². The zero-order valence-electron chi connectivity index (χ0n) is 18.6. The van der Waals surface area contributed by atoms with Crippen LogP contribution in [0.5, 0.6) is 0 Å². The first-order valence-electron chi connectivity index (χ1n) is 11.0. The van der Waals surface area contributed by atoms with E-state index in [2.05, 4.69) is 39.6 Å². The maximum atomic E-state index is 12.7. The first kappa shape index (κ1) is 22.5. The van der Waals surface area contributed by atoms with Crippen LogP contribution < -0.4 is 5.32 Å². The molecule has 1 N–H and O–H groups in total. The minimum Gasteiger partial charge on any atom is -0.379 e. The van der Waals surface area contributed by atoms with E-state index in [0.29, 0.717) is 18.0 Å². The van der Waals surface area contributed by atoms with E-state index in [9.17, 15) is 4.79 Å². The number of aryl methyl sites for hydroxylation is 1. The monoisotopic (exact) mass is 452 g/mol. The van der Waals surface area contributed by atoms with Gasteiger partial charge in [-0.3, -0.25) is 9.69 Å². The molecule has 0 radical (unpaired) electrons. The standard InChI is InChI=1S/C25H29ClN4O2/c1-18-24(19(2)30(28-18)23-8-6-22(26)7-9-23)15-25(31)27-16-20-4-3-5-21(14-20)17-29-10-12-32-13-11-29/h3-9,14H,10-13,15-17H2,1-2H3,(H,27,31). The molecule has 4 rings (SSSR count). The van der Waals surface area contributed by atoms with Crippen LogP contribution in [0.1, 0.15) is 28.1 Å². The Morgan fingerprint density at radius 2 is 1.81 bits per heavy atom. The summed E-state index contributed by atoms with van der Waals surface area (Å²) in [5.74, 6) is -0.00885. The number of rotatable bonds is 7. The third-order valence-corrected chi connectivity index (χ3v) is 6.09. The minimum absolute atomic E-state index is 0.00885. The van der Waals surface area contributed by atoms with Gasteiger partial charge >= 0.3 is 0 Å². The third-order valence-electron chi connectivity index (χ3n) is 5.84. The maximum absolute atomic E-state index is 12.7. The van der Waals surface area contributed by atoms with Crippen LogP contribution in [0.2, 0.25) is 5.02 Å². The number of carbonyl (C=O) groups is 1. The quantitative estimate of drug-likeness (QED) is 0.591. The van der Waals surface area contributed by atoms with Crippen molar-refractivity contribution in [3.8, 4) is 5.69 Å². The van der Waals surface area contributed by atoms with Crippen LogP contribution in [0.15, 0.2) is 48.5 Å². The molecule has 0 saturated carbocycles. The second-order valence-electron chi connectivity index (χ2n) is 8.20. The Kier molecular flexibility index (Phi) is 7.25. The molecule has 0 spiro atoms. The number of nitrogens with one attached hydrogen (secondary N) is 1. The number of halogens is 1. The molecule has 6 nitrogen and oxygen atoms in total. The Balaban J connectivity index is 1.36. The molecule has 0 unspecified atom stereocenters. The van der Waals surface area contributed by atoms with E-state index in [0.717, 1.165) is 61.1 Å². The third kappa shape index (κ3) is 5.57. The van der Waals surface area contributed by atoms with Gasteiger partial charge in [-0.1, -0.05) is 35.9 Å². The summed E-state index contributed by atoms with van der Waals surface area (Å²) in [4.78, 5) is 15.1. The summed E-state index contributed by atoms with van der Waals surface area (Å²) in [6.45, 7) is 8.87. The Labute approximate surface area is 194 Å². The maximum Gasteiger partial charge on any atom is 0.224 e. The molecule has 1 saturated heterocycles. The van der Waals surface area contributed by atoms with Crippen molar-refractivity contribution in [2.45, 2.75) is 33.4 Å². The molecule has 2 heterocycles.